The minimum absolute atomic E-state index is 0.367. The van der Waals surface area contributed by atoms with Crippen molar-refractivity contribution in [3.63, 3.8) is 0 Å². The largest absolute Gasteiger partial charge is 0.493 e. The number of carbonyl (C=O) groups is 1. The van der Waals surface area contributed by atoms with Crippen molar-refractivity contribution in [3.8, 4) is 28.6 Å². The van der Waals surface area contributed by atoms with Gasteiger partial charge < -0.3 is 23.5 Å². The lowest BCUT2D eigenvalue weighted by atomic mass is 10.1. The second-order valence-corrected chi connectivity index (χ2v) is 8.09. The summed E-state index contributed by atoms with van der Waals surface area (Å²) in [7, 11) is 2.83. The highest BCUT2D eigenvalue weighted by Crippen LogP contribution is 2.40. The Morgan fingerprint density at radius 2 is 1.89 bits per heavy atom. The van der Waals surface area contributed by atoms with Crippen LogP contribution in [0.3, 0.4) is 0 Å². The SMILES string of the molecule is COC(=O)N=C(SC)C(=Nc1ccc(-c2noc(C)n2)cc1)c1cc(OC)c2c(c1)OCCCO2. The van der Waals surface area contributed by atoms with Gasteiger partial charge in [-0.3, -0.25) is 0 Å². The van der Waals surface area contributed by atoms with Gasteiger partial charge in [0.05, 0.1) is 33.1 Å². The predicted octanol–water partition coefficient (Wildman–Crippen LogP) is 4.86. The average molecular weight is 497 g/mol. The number of amides is 1. The first-order valence-electron chi connectivity index (χ1n) is 10.7. The molecule has 10 nitrogen and oxygen atoms in total. The first kappa shape index (κ1) is 24.3. The smallest absolute Gasteiger partial charge is 0.434 e. The lowest BCUT2D eigenvalue weighted by Crippen LogP contribution is -2.15. The van der Waals surface area contributed by atoms with Crippen LogP contribution in [-0.2, 0) is 4.74 Å². The number of thioether (sulfide) groups is 1. The van der Waals surface area contributed by atoms with E-state index in [1.165, 1.54) is 18.9 Å². The molecule has 0 N–H and O–H groups in total. The van der Waals surface area contributed by atoms with Crippen LogP contribution in [0.1, 0.15) is 17.9 Å². The van der Waals surface area contributed by atoms with Gasteiger partial charge in [-0.05, 0) is 42.7 Å². The summed E-state index contributed by atoms with van der Waals surface area (Å²) in [5, 5.41) is 4.31. The molecular formula is C24H24N4O6S. The minimum atomic E-state index is -0.730. The Labute approximate surface area is 206 Å². The van der Waals surface area contributed by atoms with Crippen molar-refractivity contribution in [2.75, 3.05) is 33.7 Å². The lowest BCUT2D eigenvalue weighted by Gasteiger charge is -2.15. The van der Waals surface area contributed by atoms with Gasteiger partial charge in [0, 0.05) is 24.5 Å². The van der Waals surface area contributed by atoms with Crippen LogP contribution in [0.2, 0.25) is 0 Å². The number of carbonyl (C=O) groups excluding carboxylic acids is 1. The number of aliphatic imine (C=N–C) groups is 2. The summed E-state index contributed by atoms with van der Waals surface area (Å²) in [5.41, 5.74) is 2.50. The van der Waals surface area contributed by atoms with Crippen LogP contribution < -0.4 is 14.2 Å². The maximum atomic E-state index is 12.0. The van der Waals surface area contributed by atoms with Crippen molar-refractivity contribution in [3.05, 3.63) is 47.9 Å². The number of methoxy groups -OCH3 is 2. The molecule has 0 radical (unpaired) electrons. The fourth-order valence-corrected chi connectivity index (χ4v) is 3.84. The zero-order valence-electron chi connectivity index (χ0n) is 19.7. The highest BCUT2D eigenvalue weighted by molar-refractivity contribution is 8.15. The third-order valence-corrected chi connectivity index (χ3v) is 5.64. The first-order chi connectivity index (χ1) is 17.0. The van der Waals surface area contributed by atoms with Crippen LogP contribution in [0.25, 0.3) is 11.4 Å². The molecule has 182 valence electrons. The van der Waals surface area contributed by atoms with Gasteiger partial charge in [-0.15, -0.1) is 11.8 Å². The van der Waals surface area contributed by atoms with Gasteiger partial charge in [0.1, 0.15) is 10.8 Å². The second-order valence-electron chi connectivity index (χ2n) is 7.29. The van der Waals surface area contributed by atoms with Crippen LogP contribution in [0, 0.1) is 6.92 Å². The van der Waals surface area contributed by atoms with Gasteiger partial charge >= 0.3 is 6.09 Å². The molecule has 0 spiro atoms. The molecule has 1 amide bonds. The average Bonchev–Trinajstić information content (AvgIpc) is 3.17. The van der Waals surface area contributed by atoms with Crippen LogP contribution in [0.4, 0.5) is 10.5 Å². The number of nitrogens with zero attached hydrogens (tertiary/aromatic N) is 4. The van der Waals surface area contributed by atoms with E-state index in [0.29, 0.717) is 64.2 Å². The molecule has 0 saturated heterocycles. The van der Waals surface area contributed by atoms with E-state index in [4.69, 9.17) is 28.5 Å². The molecule has 1 aromatic heterocycles. The summed E-state index contributed by atoms with van der Waals surface area (Å²) < 4.78 is 27.1. The van der Waals surface area contributed by atoms with E-state index in [0.717, 1.165) is 12.0 Å². The van der Waals surface area contributed by atoms with Crippen molar-refractivity contribution in [2.45, 2.75) is 13.3 Å². The van der Waals surface area contributed by atoms with E-state index in [1.54, 1.807) is 26.4 Å². The third-order valence-electron chi connectivity index (χ3n) is 4.96. The monoisotopic (exact) mass is 496 g/mol. The van der Waals surface area contributed by atoms with Crippen LogP contribution in [-0.4, -0.2) is 60.7 Å². The lowest BCUT2D eigenvalue weighted by molar-refractivity contribution is 0.183. The predicted molar refractivity (Wildman–Crippen MR) is 133 cm³/mol. The number of rotatable bonds is 5. The topological polar surface area (TPSA) is 118 Å². The zero-order chi connectivity index (χ0) is 24.8. The molecule has 11 heteroatoms. The van der Waals surface area contributed by atoms with Gasteiger partial charge in [0.25, 0.3) is 0 Å². The van der Waals surface area contributed by atoms with E-state index >= 15 is 0 Å². The molecule has 0 saturated carbocycles. The number of hydrogen-bond donors (Lipinski definition) is 0. The first-order valence-corrected chi connectivity index (χ1v) is 11.9. The summed E-state index contributed by atoms with van der Waals surface area (Å²) in [6.45, 7) is 2.76. The van der Waals surface area contributed by atoms with Crippen molar-refractivity contribution >= 4 is 34.3 Å². The van der Waals surface area contributed by atoms with E-state index < -0.39 is 6.09 Å². The number of ether oxygens (including phenoxy) is 4. The Bertz CT molecular complexity index is 1270. The summed E-state index contributed by atoms with van der Waals surface area (Å²) >= 11 is 1.27. The Hall–Kier alpha value is -3.86. The van der Waals surface area contributed by atoms with E-state index in [-0.39, 0.29) is 0 Å². The molecule has 0 aliphatic carbocycles. The fraction of sp³-hybridized carbons (Fsp3) is 0.292. The normalized spacial score (nSPS) is 13.8. The maximum absolute atomic E-state index is 12.0. The summed E-state index contributed by atoms with van der Waals surface area (Å²) in [5.74, 6) is 2.53. The molecule has 1 aliphatic heterocycles. The van der Waals surface area contributed by atoms with Gasteiger partial charge in [0.2, 0.25) is 17.5 Å². The van der Waals surface area contributed by atoms with Crippen LogP contribution in [0.5, 0.6) is 17.2 Å². The van der Waals surface area contributed by atoms with Gasteiger partial charge in [-0.2, -0.15) is 9.98 Å². The highest BCUT2D eigenvalue weighted by Gasteiger charge is 2.22. The summed E-state index contributed by atoms with van der Waals surface area (Å²) in [6.07, 6.45) is 1.82. The number of aryl methyl sites for hydroxylation is 1. The van der Waals surface area contributed by atoms with Gasteiger partial charge in [0.15, 0.2) is 11.5 Å². The quantitative estimate of drug-likeness (QED) is 0.360. The van der Waals surface area contributed by atoms with Gasteiger partial charge in [-0.1, -0.05) is 5.16 Å². The third kappa shape index (κ3) is 5.62. The molecule has 3 aromatic rings. The Kier molecular flexibility index (Phi) is 7.66. The maximum Gasteiger partial charge on any atom is 0.434 e. The zero-order valence-corrected chi connectivity index (χ0v) is 20.5. The number of benzene rings is 2. The Morgan fingerprint density at radius 1 is 1.11 bits per heavy atom. The Morgan fingerprint density at radius 3 is 2.54 bits per heavy atom. The number of hydrogen-bond acceptors (Lipinski definition) is 10. The molecule has 0 bridgehead atoms. The molecule has 2 aromatic carbocycles. The molecular weight excluding hydrogens is 472 g/mol. The van der Waals surface area contributed by atoms with E-state index in [9.17, 15) is 4.79 Å². The molecule has 2 heterocycles. The Balaban J connectivity index is 1.82. The number of fused-ring (bicyclic) bond motifs is 1. The van der Waals surface area contributed by atoms with Crippen molar-refractivity contribution in [2.24, 2.45) is 9.98 Å². The molecule has 0 fully saturated rings. The minimum Gasteiger partial charge on any atom is -0.493 e. The molecule has 0 atom stereocenters. The second kappa shape index (κ2) is 11.0. The summed E-state index contributed by atoms with van der Waals surface area (Å²) in [4.78, 5) is 25.1. The fourth-order valence-electron chi connectivity index (χ4n) is 3.32. The molecule has 4 rings (SSSR count). The molecule has 1 aliphatic rings. The standard InChI is InChI=1S/C24H24N4O6S/c1-14-25-22(28-34-14)15-6-8-17(9-7-15)26-20(23(35-4)27-24(29)31-3)16-12-18(30-2)21-19(13-16)32-10-5-11-33-21/h6-9,12-13H,5,10-11H2,1-4H3. The van der Waals surface area contributed by atoms with Crippen LogP contribution >= 0.6 is 11.8 Å². The van der Waals surface area contributed by atoms with E-state index in [1.807, 2.05) is 30.3 Å². The van der Waals surface area contributed by atoms with Crippen LogP contribution in [0.15, 0.2) is 50.9 Å². The molecule has 35 heavy (non-hydrogen) atoms. The van der Waals surface area contributed by atoms with Crippen molar-refractivity contribution in [1.82, 2.24) is 10.1 Å². The highest BCUT2D eigenvalue weighted by atomic mass is 32.2. The van der Waals surface area contributed by atoms with Gasteiger partial charge in [-0.25, -0.2) is 9.79 Å². The van der Waals surface area contributed by atoms with Crippen molar-refractivity contribution in [1.29, 1.82) is 0 Å². The molecule has 0 unspecified atom stereocenters. The van der Waals surface area contributed by atoms with Crippen molar-refractivity contribution < 1.29 is 28.3 Å². The van der Waals surface area contributed by atoms with E-state index in [2.05, 4.69) is 15.1 Å². The summed E-state index contributed by atoms with van der Waals surface area (Å²) in [6, 6.07) is 10.9. The number of aromatic nitrogens is 2.